The van der Waals surface area contributed by atoms with Gasteiger partial charge in [0.05, 0.1) is 15.8 Å². The Morgan fingerprint density at radius 3 is 2.69 bits per heavy atom. The normalized spacial score (nSPS) is 11.7. The van der Waals surface area contributed by atoms with Gasteiger partial charge in [-0.2, -0.15) is 0 Å². The van der Waals surface area contributed by atoms with E-state index in [1.165, 1.54) is 30.9 Å². The van der Waals surface area contributed by atoms with Crippen LogP contribution in [0.1, 0.15) is 18.1 Å². The number of nitrogens with zero attached hydrogens (tertiary/aromatic N) is 1. The maximum atomic E-state index is 12.1. The number of pyridine rings is 1. The largest absolute Gasteiger partial charge is 0.452 e. The molecule has 1 aromatic heterocycles. The number of anilines is 1. The van der Waals surface area contributed by atoms with E-state index in [0.29, 0.717) is 5.02 Å². The number of hydrogen-bond acceptors (Lipinski definition) is 5. The fourth-order valence-electron chi connectivity index (χ4n) is 2.01. The Labute approximate surface area is 166 Å². The number of carbonyl (C=O) groups is 2. The Kier molecular flexibility index (Phi) is 7.32. The van der Waals surface area contributed by atoms with Crippen LogP contribution in [0.5, 0.6) is 0 Å². The first-order chi connectivity index (χ1) is 12.3. The molecule has 0 aliphatic carbocycles. The summed E-state index contributed by atoms with van der Waals surface area (Å²) in [5, 5.41) is 3.07. The van der Waals surface area contributed by atoms with Crippen molar-refractivity contribution < 1.29 is 14.3 Å². The number of rotatable bonds is 6. The molecule has 8 heteroatoms. The van der Waals surface area contributed by atoms with Gasteiger partial charge in [0.25, 0.3) is 5.91 Å². The third kappa shape index (κ3) is 5.90. The Morgan fingerprint density at radius 1 is 1.27 bits per heavy atom. The van der Waals surface area contributed by atoms with Crippen LogP contribution in [0.3, 0.4) is 0 Å². The Bertz CT molecular complexity index is 830. The van der Waals surface area contributed by atoms with Crippen LogP contribution < -0.4 is 5.32 Å². The second-order valence-electron chi connectivity index (χ2n) is 5.66. The van der Waals surface area contributed by atoms with Crippen molar-refractivity contribution in [2.75, 3.05) is 11.1 Å². The number of esters is 1. The van der Waals surface area contributed by atoms with Crippen LogP contribution in [0, 0.1) is 13.8 Å². The van der Waals surface area contributed by atoms with Crippen molar-refractivity contribution in [3.8, 4) is 0 Å². The molecular formula is C18H18Cl2N2O3S. The van der Waals surface area contributed by atoms with E-state index in [1.807, 2.05) is 32.0 Å². The van der Waals surface area contributed by atoms with Gasteiger partial charge in [0.15, 0.2) is 11.9 Å². The van der Waals surface area contributed by atoms with Gasteiger partial charge >= 0.3 is 5.97 Å². The third-order valence-electron chi connectivity index (χ3n) is 3.42. The van der Waals surface area contributed by atoms with Gasteiger partial charge in [-0.3, -0.25) is 9.59 Å². The minimum Gasteiger partial charge on any atom is -0.452 e. The highest BCUT2D eigenvalue weighted by atomic mass is 35.5. The molecule has 0 bridgehead atoms. The topological polar surface area (TPSA) is 68.3 Å². The van der Waals surface area contributed by atoms with Crippen LogP contribution in [-0.2, 0) is 14.3 Å². The molecule has 0 spiro atoms. The van der Waals surface area contributed by atoms with Gasteiger partial charge in [-0.1, -0.05) is 40.9 Å². The van der Waals surface area contributed by atoms with Crippen molar-refractivity contribution in [1.82, 2.24) is 4.98 Å². The monoisotopic (exact) mass is 412 g/mol. The lowest BCUT2D eigenvalue weighted by atomic mass is 10.2. The maximum Gasteiger partial charge on any atom is 0.317 e. The molecule has 1 aromatic carbocycles. The van der Waals surface area contributed by atoms with Gasteiger partial charge in [0, 0.05) is 11.1 Å². The van der Waals surface area contributed by atoms with Gasteiger partial charge in [-0.05, 0) is 38.5 Å². The summed E-state index contributed by atoms with van der Waals surface area (Å²) in [6.07, 6.45) is 0.385. The van der Waals surface area contributed by atoms with Gasteiger partial charge in [0.2, 0.25) is 0 Å². The summed E-state index contributed by atoms with van der Waals surface area (Å²) in [5.41, 5.74) is 2.20. The predicted molar refractivity (Wildman–Crippen MR) is 105 cm³/mol. The number of nitrogens with one attached hydrogen (secondary N) is 1. The Morgan fingerprint density at radius 2 is 2.00 bits per heavy atom. The van der Waals surface area contributed by atoms with E-state index in [4.69, 9.17) is 27.9 Å². The highest BCUT2D eigenvalue weighted by Gasteiger charge is 2.19. The second-order valence-corrected chi connectivity index (χ2v) is 7.52. The van der Waals surface area contributed by atoms with Crippen molar-refractivity contribution >= 4 is 52.7 Å². The van der Waals surface area contributed by atoms with Gasteiger partial charge in [-0.15, -0.1) is 11.8 Å². The molecule has 1 amide bonds. The molecular weight excluding hydrogens is 395 g/mol. The van der Waals surface area contributed by atoms with Crippen LogP contribution in [-0.4, -0.2) is 28.7 Å². The number of thioether (sulfide) groups is 1. The summed E-state index contributed by atoms with van der Waals surface area (Å²) in [6.45, 7) is 5.45. The van der Waals surface area contributed by atoms with E-state index in [9.17, 15) is 9.59 Å². The summed E-state index contributed by atoms with van der Waals surface area (Å²) in [4.78, 5) is 29.1. The Balaban J connectivity index is 1.87. The quantitative estimate of drug-likeness (QED) is 0.551. The Hall–Kier alpha value is -1.76. The van der Waals surface area contributed by atoms with Crippen LogP contribution in [0.2, 0.25) is 10.0 Å². The molecule has 2 rings (SSSR count). The van der Waals surface area contributed by atoms with Crippen molar-refractivity contribution in [3.05, 3.63) is 51.6 Å². The molecule has 1 heterocycles. The first-order valence-electron chi connectivity index (χ1n) is 7.77. The summed E-state index contributed by atoms with van der Waals surface area (Å²) in [6, 6.07) is 7.49. The van der Waals surface area contributed by atoms with E-state index < -0.39 is 18.0 Å². The highest BCUT2D eigenvalue weighted by molar-refractivity contribution is 8.00. The van der Waals surface area contributed by atoms with E-state index >= 15 is 0 Å². The summed E-state index contributed by atoms with van der Waals surface area (Å²) >= 11 is 13.1. The third-order valence-corrected chi connectivity index (χ3v) is 5.04. The molecule has 26 heavy (non-hydrogen) atoms. The van der Waals surface area contributed by atoms with Gasteiger partial charge in [0.1, 0.15) is 0 Å². The molecule has 0 fully saturated rings. The first-order valence-corrected chi connectivity index (χ1v) is 9.52. The van der Waals surface area contributed by atoms with Crippen LogP contribution >= 0.6 is 35.0 Å². The second kappa shape index (κ2) is 9.26. The zero-order valence-corrected chi connectivity index (χ0v) is 16.8. The van der Waals surface area contributed by atoms with Crippen molar-refractivity contribution in [1.29, 1.82) is 0 Å². The summed E-state index contributed by atoms with van der Waals surface area (Å²) < 4.78 is 5.17. The number of aromatic nitrogens is 1. The number of aryl methyl sites for hydroxylation is 2. The molecule has 138 valence electrons. The fraction of sp³-hybridized carbons (Fsp3) is 0.278. The standard InChI is InChI=1S/C18H18Cl2N2O3S/c1-10-4-5-11(2)15(6-10)26-9-16(23)25-12(3)18(24)22-17-14(20)7-13(19)8-21-17/h4-8,12H,9H2,1-3H3,(H,21,22,24)/t12-/m1/s1. The van der Waals surface area contributed by atoms with Crippen molar-refractivity contribution in [3.63, 3.8) is 0 Å². The lowest BCUT2D eigenvalue weighted by Crippen LogP contribution is -2.30. The van der Waals surface area contributed by atoms with E-state index in [0.717, 1.165) is 16.0 Å². The number of carbonyl (C=O) groups excluding carboxylic acids is 2. The molecule has 2 aromatic rings. The van der Waals surface area contributed by atoms with E-state index in [-0.39, 0.29) is 16.6 Å². The van der Waals surface area contributed by atoms with Gasteiger partial charge in [-0.25, -0.2) is 4.98 Å². The molecule has 0 saturated carbocycles. The molecule has 0 aliphatic heterocycles. The minimum atomic E-state index is -0.977. The number of ether oxygens (including phenoxy) is 1. The van der Waals surface area contributed by atoms with Crippen LogP contribution in [0.4, 0.5) is 5.82 Å². The average Bonchev–Trinajstić information content (AvgIpc) is 2.58. The van der Waals surface area contributed by atoms with Crippen LogP contribution in [0.15, 0.2) is 35.4 Å². The zero-order chi connectivity index (χ0) is 19.3. The first kappa shape index (κ1) is 20.6. The van der Waals surface area contributed by atoms with E-state index in [2.05, 4.69) is 10.3 Å². The lowest BCUT2D eigenvalue weighted by Gasteiger charge is -2.14. The predicted octanol–water partition coefficient (Wildman–Crippen LogP) is 4.67. The molecule has 0 unspecified atom stereocenters. The molecule has 0 saturated heterocycles. The maximum absolute atomic E-state index is 12.1. The van der Waals surface area contributed by atoms with E-state index in [1.54, 1.807) is 0 Å². The number of hydrogen-bond donors (Lipinski definition) is 1. The highest BCUT2D eigenvalue weighted by Crippen LogP contribution is 2.24. The molecule has 0 radical (unpaired) electrons. The fourth-order valence-corrected chi connectivity index (χ4v) is 3.34. The number of benzene rings is 1. The van der Waals surface area contributed by atoms with Crippen LogP contribution in [0.25, 0.3) is 0 Å². The average molecular weight is 413 g/mol. The summed E-state index contributed by atoms with van der Waals surface area (Å²) in [5.74, 6) is -0.726. The SMILES string of the molecule is Cc1ccc(C)c(SCC(=O)O[C@H](C)C(=O)Nc2ncc(Cl)cc2Cl)c1. The zero-order valence-electron chi connectivity index (χ0n) is 14.5. The molecule has 0 aliphatic rings. The number of amides is 1. The number of halogens is 2. The van der Waals surface area contributed by atoms with Gasteiger partial charge < -0.3 is 10.1 Å². The summed E-state index contributed by atoms with van der Waals surface area (Å²) in [7, 11) is 0. The lowest BCUT2D eigenvalue weighted by molar-refractivity contribution is -0.150. The minimum absolute atomic E-state index is 0.113. The van der Waals surface area contributed by atoms with Crippen molar-refractivity contribution in [2.45, 2.75) is 31.8 Å². The molecule has 5 nitrogen and oxygen atoms in total. The molecule has 1 atom stereocenters. The van der Waals surface area contributed by atoms with Crippen molar-refractivity contribution in [2.24, 2.45) is 0 Å². The molecule has 1 N–H and O–H groups in total. The smallest absolute Gasteiger partial charge is 0.317 e.